The molecule has 1 saturated heterocycles. The van der Waals surface area contributed by atoms with E-state index >= 15 is 0 Å². The van der Waals surface area contributed by atoms with Gasteiger partial charge in [-0.1, -0.05) is 0 Å². The highest BCUT2D eigenvalue weighted by atomic mass is 16.5. The Balaban J connectivity index is 1.86. The first-order chi connectivity index (χ1) is 7.75. The van der Waals surface area contributed by atoms with Gasteiger partial charge in [0.1, 0.15) is 11.6 Å². The zero-order valence-electron chi connectivity index (χ0n) is 9.28. The lowest BCUT2D eigenvalue weighted by Gasteiger charge is -2.22. The molecule has 2 rings (SSSR count). The first-order valence-corrected chi connectivity index (χ1v) is 5.59. The minimum Gasteiger partial charge on any atom is -0.396 e. The highest BCUT2D eigenvalue weighted by Gasteiger charge is 2.13. The van der Waals surface area contributed by atoms with Crippen LogP contribution in [0, 0.1) is 5.92 Å². The van der Waals surface area contributed by atoms with Gasteiger partial charge in [-0.05, 0) is 30.9 Å². The number of nitrogens with one attached hydrogen (secondary N) is 1. The fraction of sp³-hybridized carbons (Fsp3) is 0.545. The van der Waals surface area contributed by atoms with Crippen LogP contribution >= 0.6 is 0 Å². The van der Waals surface area contributed by atoms with Crippen molar-refractivity contribution in [1.29, 1.82) is 0 Å². The van der Waals surface area contributed by atoms with E-state index in [0.29, 0.717) is 17.4 Å². The van der Waals surface area contributed by atoms with Crippen LogP contribution in [-0.4, -0.2) is 24.7 Å². The number of pyridine rings is 1. The van der Waals surface area contributed by atoms with E-state index < -0.39 is 0 Å². The largest absolute Gasteiger partial charge is 0.396 e. The van der Waals surface area contributed by atoms with Gasteiger partial charge >= 0.3 is 0 Å². The highest BCUT2D eigenvalue weighted by molar-refractivity contribution is 5.61. The van der Waals surface area contributed by atoms with Crippen LogP contribution in [-0.2, 0) is 4.74 Å². The summed E-state index contributed by atoms with van der Waals surface area (Å²) in [6, 6.07) is 3.62. The normalized spacial score (nSPS) is 17.2. The average molecular weight is 222 g/mol. The van der Waals surface area contributed by atoms with Crippen LogP contribution in [0.25, 0.3) is 0 Å². The van der Waals surface area contributed by atoms with E-state index in [1.54, 1.807) is 6.07 Å². The van der Waals surface area contributed by atoms with Crippen molar-refractivity contribution in [3.63, 3.8) is 0 Å². The van der Waals surface area contributed by atoms with Crippen molar-refractivity contribution in [2.24, 2.45) is 5.92 Å². The van der Waals surface area contributed by atoms with E-state index in [0.717, 1.165) is 38.4 Å². The van der Waals surface area contributed by atoms with Crippen molar-refractivity contribution in [1.82, 2.24) is 4.98 Å². The molecule has 1 aliphatic rings. The standard InChI is InChI=1S/C11H18N4O/c12-9-1-2-10(15-11(9)13)14-7-8-3-5-16-6-4-8/h1-2,8H,3-7,12H2,(H3,13,14,15). The SMILES string of the molecule is Nc1ccc(NCC2CCOCC2)nc1N. The Bertz CT molecular complexity index is 350. The Morgan fingerprint density at radius 2 is 2.06 bits per heavy atom. The molecule has 16 heavy (non-hydrogen) atoms. The third kappa shape index (κ3) is 2.76. The molecule has 0 spiro atoms. The van der Waals surface area contributed by atoms with Gasteiger partial charge < -0.3 is 21.5 Å². The molecular formula is C11H18N4O. The molecular weight excluding hydrogens is 204 g/mol. The zero-order chi connectivity index (χ0) is 11.4. The Morgan fingerprint density at radius 3 is 2.75 bits per heavy atom. The van der Waals surface area contributed by atoms with E-state index in [2.05, 4.69) is 10.3 Å². The van der Waals surface area contributed by atoms with E-state index in [9.17, 15) is 0 Å². The molecule has 88 valence electrons. The molecule has 0 unspecified atom stereocenters. The topological polar surface area (TPSA) is 86.2 Å². The molecule has 0 aromatic carbocycles. The summed E-state index contributed by atoms with van der Waals surface area (Å²) in [6.07, 6.45) is 2.22. The van der Waals surface area contributed by atoms with Gasteiger partial charge in [0.2, 0.25) is 0 Å². The maximum absolute atomic E-state index is 5.63. The molecule has 0 amide bonds. The molecule has 2 heterocycles. The predicted octanol–water partition coefficient (Wildman–Crippen LogP) is 1.08. The number of hydrogen-bond acceptors (Lipinski definition) is 5. The molecule has 0 saturated carbocycles. The van der Waals surface area contributed by atoms with Gasteiger partial charge in [-0.15, -0.1) is 0 Å². The van der Waals surface area contributed by atoms with Crippen LogP contribution < -0.4 is 16.8 Å². The Kier molecular flexibility index (Phi) is 3.46. The molecule has 1 fully saturated rings. The van der Waals surface area contributed by atoms with Gasteiger partial charge in [0, 0.05) is 19.8 Å². The first-order valence-electron chi connectivity index (χ1n) is 5.59. The quantitative estimate of drug-likeness (QED) is 0.712. The number of nitrogen functional groups attached to an aromatic ring is 2. The van der Waals surface area contributed by atoms with Gasteiger partial charge in [-0.25, -0.2) is 4.98 Å². The molecule has 5 N–H and O–H groups in total. The van der Waals surface area contributed by atoms with Crippen LogP contribution in [0.5, 0.6) is 0 Å². The number of ether oxygens (including phenoxy) is 1. The number of rotatable bonds is 3. The summed E-state index contributed by atoms with van der Waals surface area (Å²) in [4.78, 5) is 4.17. The van der Waals surface area contributed by atoms with Crippen LogP contribution in [0.4, 0.5) is 17.3 Å². The van der Waals surface area contributed by atoms with Gasteiger partial charge in [0.15, 0.2) is 0 Å². The molecule has 0 atom stereocenters. The van der Waals surface area contributed by atoms with Gasteiger partial charge in [0.05, 0.1) is 5.69 Å². The van der Waals surface area contributed by atoms with Crippen molar-refractivity contribution in [3.05, 3.63) is 12.1 Å². The van der Waals surface area contributed by atoms with Crippen molar-refractivity contribution in [2.45, 2.75) is 12.8 Å². The third-order valence-electron chi connectivity index (χ3n) is 2.87. The molecule has 1 aliphatic heterocycles. The zero-order valence-corrected chi connectivity index (χ0v) is 9.28. The Labute approximate surface area is 95.2 Å². The maximum atomic E-state index is 5.63. The first kappa shape index (κ1) is 11.0. The fourth-order valence-corrected chi connectivity index (χ4v) is 1.78. The smallest absolute Gasteiger partial charge is 0.149 e. The number of aromatic nitrogens is 1. The molecule has 1 aromatic heterocycles. The lowest BCUT2D eigenvalue weighted by molar-refractivity contribution is 0.0699. The lowest BCUT2D eigenvalue weighted by Crippen LogP contribution is -2.23. The van der Waals surface area contributed by atoms with Gasteiger partial charge in [-0.2, -0.15) is 0 Å². The molecule has 5 heteroatoms. The Morgan fingerprint density at radius 1 is 1.31 bits per heavy atom. The van der Waals surface area contributed by atoms with Crippen molar-refractivity contribution in [2.75, 3.05) is 36.5 Å². The molecule has 0 bridgehead atoms. The summed E-state index contributed by atoms with van der Waals surface area (Å²) < 4.78 is 5.31. The summed E-state index contributed by atoms with van der Waals surface area (Å²) >= 11 is 0. The summed E-state index contributed by atoms with van der Waals surface area (Å²) in [5.41, 5.74) is 11.8. The van der Waals surface area contributed by atoms with Gasteiger partial charge in [0.25, 0.3) is 0 Å². The second-order valence-corrected chi connectivity index (χ2v) is 4.11. The van der Waals surface area contributed by atoms with E-state index in [1.807, 2.05) is 6.07 Å². The van der Waals surface area contributed by atoms with E-state index in [4.69, 9.17) is 16.2 Å². The van der Waals surface area contributed by atoms with Crippen molar-refractivity contribution >= 4 is 17.3 Å². The minimum atomic E-state index is 0.386. The average Bonchev–Trinajstić information content (AvgIpc) is 2.32. The lowest BCUT2D eigenvalue weighted by atomic mass is 10.0. The monoisotopic (exact) mass is 222 g/mol. The minimum absolute atomic E-state index is 0.386. The summed E-state index contributed by atoms with van der Waals surface area (Å²) in [6.45, 7) is 2.65. The second kappa shape index (κ2) is 5.03. The van der Waals surface area contributed by atoms with Crippen LogP contribution in [0.1, 0.15) is 12.8 Å². The summed E-state index contributed by atoms with van der Waals surface area (Å²) in [5.74, 6) is 1.84. The van der Waals surface area contributed by atoms with Gasteiger partial charge in [-0.3, -0.25) is 0 Å². The Hall–Kier alpha value is -1.49. The van der Waals surface area contributed by atoms with Crippen LogP contribution in [0.2, 0.25) is 0 Å². The summed E-state index contributed by atoms with van der Waals surface area (Å²) in [7, 11) is 0. The molecule has 1 aromatic rings. The maximum Gasteiger partial charge on any atom is 0.149 e. The summed E-state index contributed by atoms with van der Waals surface area (Å²) in [5, 5.41) is 3.28. The fourth-order valence-electron chi connectivity index (χ4n) is 1.78. The van der Waals surface area contributed by atoms with Crippen molar-refractivity contribution < 1.29 is 4.74 Å². The second-order valence-electron chi connectivity index (χ2n) is 4.11. The van der Waals surface area contributed by atoms with Crippen molar-refractivity contribution in [3.8, 4) is 0 Å². The predicted molar refractivity (Wildman–Crippen MR) is 65.1 cm³/mol. The highest BCUT2D eigenvalue weighted by Crippen LogP contribution is 2.18. The number of nitrogens with zero attached hydrogens (tertiary/aromatic N) is 1. The third-order valence-corrected chi connectivity index (χ3v) is 2.87. The number of nitrogens with two attached hydrogens (primary N) is 2. The van der Waals surface area contributed by atoms with Crippen LogP contribution in [0.3, 0.4) is 0 Å². The van der Waals surface area contributed by atoms with E-state index in [1.165, 1.54) is 0 Å². The van der Waals surface area contributed by atoms with E-state index in [-0.39, 0.29) is 0 Å². The van der Waals surface area contributed by atoms with Crippen LogP contribution in [0.15, 0.2) is 12.1 Å². The molecule has 5 nitrogen and oxygen atoms in total. The molecule has 0 radical (unpaired) electrons. The molecule has 0 aliphatic carbocycles. The number of hydrogen-bond donors (Lipinski definition) is 3. The number of anilines is 3.